The van der Waals surface area contributed by atoms with Gasteiger partial charge in [-0.15, -0.1) is 0 Å². The third-order valence-corrected chi connectivity index (χ3v) is 4.83. The summed E-state index contributed by atoms with van der Waals surface area (Å²) >= 11 is 0. The van der Waals surface area contributed by atoms with Crippen molar-refractivity contribution in [3.63, 3.8) is 0 Å². The van der Waals surface area contributed by atoms with Crippen molar-refractivity contribution in [1.29, 1.82) is 0 Å². The van der Waals surface area contributed by atoms with E-state index < -0.39 is 5.66 Å². The van der Waals surface area contributed by atoms with E-state index in [9.17, 15) is 0 Å². The van der Waals surface area contributed by atoms with E-state index >= 15 is 0 Å². The summed E-state index contributed by atoms with van der Waals surface area (Å²) in [6.45, 7) is 2.68. The quantitative estimate of drug-likeness (QED) is 0.870. The topological polar surface area (TPSA) is 72.1 Å². The number of ether oxygens (including phenoxy) is 2. The first-order valence-electron chi connectivity index (χ1n) is 8.27. The molecule has 1 aromatic carbocycles. The summed E-state index contributed by atoms with van der Waals surface area (Å²) < 4.78 is 10.9. The number of hydrogen-bond acceptors (Lipinski definition) is 6. The third-order valence-electron chi connectivity index (χ3n) is 4.83. The van der Waals surface area contributed by atoms with Gasteiger partial charge in [-0.2, -0.15) is 0 Å². The van der Waals surface area contributed by atoms with E-state index in [4.69, 9.17) is 20.2 Å². The molecule has 1 aromatic rings. The molecule has 6 nitrogen and oxygen atoms in total. The zero-order valence-corrected chi connectivity index (χ0v) is 14.0. The Bertz CT molecular complexity index is 584. The van der Waals surface area contributed by atoms with Crippen LogP contribution in [0.25, 0.3) is 0 Å². The highest BCUT2D eigenvalue weighted by Crippen LogP contribution is 2.45. The highest BCUT2D eigenvalue weighted by atomic mass is 16.5. The fourth-order valence-corrected chi connectivity index (χ4v) is 3.68. The Morgan fingerprint density at radius 2 is 1.87 bits per heavy atom. The predicted molar refractivity (Wildman–Crippen MR) is 92.4 cm³/mol. The van der Waals surface area contributed by atoms with Gasteiger partial charge in [-0.1, -0.05) is 6.42 Å². The summed E-state index contributed by atoms with van der Waals surface area (Å²) in [4.78, 5) is 7.32. The Labute approximate surface area is 137 Å². The van der Waals surface area contributed by atoms with Crippen molar-refractivity contribution < 1.29 is 9.47 Å². The minimum atomic E-state index is -0.407. The predicted octanol–water partition coefficient (Wildman–Crippen LogP) is 2.15. The smallest absolute Gasteiger partial charge is 0.162 e. The highest BCUT2D eigenvalue weighted by Gasteiger charge is 2.41. The number of hydrogen-bond donors (Lipinski definition) is 2. The minimum Gasteiger partial charge on any atom is -0.493 e. The second-order valence-corrected chi connectivity index (χ2v) is 6.06. The van der Waals surface area contributed by atoms with Crippen molar-refractivity contribution >= 4 is 12.0 Å². The number of rotatable bonds is 5. The molecule has 2 aliphatic heterocycles. The second-order valence-electron chi connectivity index (χ2n) is 6.06. The van der Waals surface area contributed by atoms with Gasteiger partial charge in [0, 0.05) is 31.1 Å². The molecular formula is C17H26N4O2. The number of methoxy groups -OCH3 is 2. The molecule has 0 aliphatic carbocycles. The Kier molecular flexibility index (Phi) is 4.73. The van der Waals surface area contributed by atoms with Gasteiger partial charge in [0.15, 0.2) is 11.5 Å². The maximum Gasteiger partial charge on any atom is 0.162 e. The molecule has 0 aromatic heterocycles. The molecule has 6 heteroatoms. The van der Waals surface area contributed by atoms with Crippen molar-refractivity contribution in [3.8, 4) is 11.5 Å². The lowest BCUT2D eigenvalue weighted by atomic mass is 9.89. The van der Waals surface area contributed by atoms with Crippen molar-refractivity contribution in [2.75, 3.05) is 39.2 Å². The average molecular weight is 318 g/mol. The molecule has 2 heterocycles. The van der Waals surface area contributed by atoms with Crippen molar-refractivity contribution in [3.05, 3.63) is 17.7 Å². The monoisotopic (exact) mass is 318 g/mol. The minimum absolute atomic E-state index is 0.407. The van der Waals surface area contributed by atoms with Gasteiger partial charge in [-0.3, -0.25) is 4.90 Å². The Balaban J connectivity index is 2.10. The van der Waals surface area contributed by atoms with Gasteiger partial charge in [0.05, 0.1) is 26.2 Å². The van der Waals surface area contributed by atoms with E-state index in [0.29, 0.717) is 12.3 Å². The van der Waals surface area contributed by atoms with E-state index in [1.54, 1.807) is 20.6 Å². The molecule has 2 aliphatic rings. The van der Waals surface area contributed by atoms with Crippen LogP contribution in [0.1, 0.15) is 31.2 Å². The first kappa shape index (κ1) is 16.1. The molecule has 3 N–H and O–H groups in total. The number of nitrogens with one attached hydrogen (secondary N) is 1. The van der Waals surface area contributed by atoms with Gasteiger partial charge in [0.25, 0.3) is 0 Å². The summed E-state index contributed by atoms with van der Waals surface area (Å²) in [7, 11) is 3.31. The van der Waals surface area contributed by atoms with Crippen LogP contribution in [0.2, 0.25) is 0 Å². The van der Waals surface area contributed by atoms with E-state index in [-0.39, 0.29) is 0 Å². The second kappa shape index (κ2) is 6.76. The van der Waals surface area contributed by atoms with E-state index in [1.807, 2.05) is 12.1 Å². The molecule has 3 rings (SSSR count). The normalized spacial score (nSPS) is 24.0. The van der Waals surface area contributed by atoms with Gasteiger partial charge in [-0.05, 0) is 25.5 Å². The Hall–Kier alpha value is -1.79. The fraction of sp³-hybridized carbons (Fsp3) is 0.588. The standard InChI is InChI=1S/C17H26N4O2/c1-22-15-10-13-14(11-16(15)23-2)19-12-20-17(13,6-7-18)21-8-4-3-5-9-21/h10-12H,3-9,18H2,1-2H3,(H,19,20). The van der Waals surface area contributed by atoms with Crippen LogP contribution in [-0.4, -0.2) is 45.1 Å². The number of likely N-dealkylation sites (tertiary alicyclic amines) is 1. The summed E-state index contributed by atoms with van der Waals surface area (Å²) in [5.74, 6) is 1.44. The molecule has 1 unspecified atom stereocenters. The number of anilines is 1. The van der Waals surface area contributed by atoms with Crippen LogP contribution in [0.15, 0.2) is 17.1 Å². The number of nitrogens with two attached hydrogens (primary N) is 1. The zero-order valence-electron chi connectivity index (χ0n) is 14.0. The molecule has 0 bridgehead atoms. The lowest BCUT2D eigenvalue weighted by Gasteiger charge is -2.45. The van der Waals surface area contributed by atoms with Gasteiger partial charge in [0.2, 0.25) is 0 Å². The van der Waals surface area contributed by atoms with Gasteiger partial charge in [0.1, 0.15) is 5.66 Å². The fourth-order valence-electron chi connectivity index (χ4n) is 3.68. The maximum absolute atomic E-state index is 5.96. The van der Waals surface area contributed by atoms with Gasteiger partial charge >= 0.3 is 0 Å². The molecule has 1 fully saturated rings. The summed E-state index contributed by atoms with van der Waals surface area (Å²) in [6, 6.07) is 4.02. The summed E-state index contributed by atoms with van der Waals surface area (Å²) in [5, 5.41) is 3.25. The molecule has 126 valence electrons. The van der Waals surface area contributed by atoms with E-state index in [1.165, 1.54) is 19.3 Å². The third kappa shape index (κ3) is 2.77. The zero-order chi connectivity index (χ0) is 16.3. The summed E-state index contributed by atoms with van der Waals surface area (Å²) in [5.41, 5.74) is 7.68. The number of benzene rings is 1. The SMILES string of the molecule is COc1cc2c(cc1OC)C(CCN)(N1CCCCC1)N=CN2. The largest absolute Gasteiger partial charge is 0.493 e. The van der Waals surface area contributed by atoms with E-state index in [0.717, 1.165) is 36.5 Å². The van der Waals surface area contributed by atoms with Crippen LogP contribution in [0.5, 0.6) is 11.5 Å². The van der Waals surface area contributed by atoms with Crippen LogP contribution in [0, 0.1) is 0 Å². The van der Waals surface area contributed by atoms with Crippen LogP contribution < -0.4 is 20.5 Å². The van der Waals surface area contributed by atoms with Gasteiger partial charge in [-0.25, -0.2) is 4.99 Å². The van der Waals surface area contributed by atoms with Crippen molar-refractivity contribution in [1.82, 2.24) is 4.90 Å². The highest BCUT2D eigenvalue weighted by molar-refractivity contribution is 5.83. The van der Waals surface area contributed by atoms with Crippen LogP contribution in [-0.2, 0) is 5.66 Å². The van der Waals surface area contributed by atoms with Crippen LogP contribution in [0.4, 0.5) is 5.69 Å². The Morgan fingerprint density at radius 3 is 2.52 bits per heavy atom. The lowest BCUT2D eigenvalue weighted by molar-refractivity contribution is 0.0645. The van der Waals surface area contributed by atoms with E-state index in [2.05, 4.69) is 10.2 Å². The Morgan fingerprint density at radius 1 is 1.17 bits per heavy atom. The molecule has 0 radical (unpaired) electrons. The lowest BCUT2D eigenvalue weighted by Crippen LogP contribution is -2.50. The average Bonchev–Trinajstić information content (AvgIpc) is 2.61. The number of fused-ring (bicyclic) bond motifs is 1. The molecule has 23 heavy (non-hydrogen) atoms. The van der Waals surface area contributed by atoms with Crippen molar-refractivity contribution in [2.45, 2.75) is 31.3 Å². The maximum atomic E-state index is 5.96. The molecule has 1 atom stereocenters. The van der Waals surface area contributed by atoms with Crippen LogP contribution in [0.3, 0.4) is 0 Å². The molecule has 0 spiro atoms. The first-order valence-corrected chi connectivity index (χ1v) is 8.27. The molecular weight excluding hydrogens is 292 g/mol. The molecule has 0 saturated carbocycles. The molecule has 0 amide bonds. The van der Waals surface area contributed by atoms with Crippen LogP contribution >= 0.6 is 0 Å². The number of nitrogens with zero attached hydrogens (tertiary/aromatic N) is 2. The number of aliphatic imine (C=N–C) groups is 1. The molecule has 1 saturated heterocycles. The first-order chi connectivity index (χ1) is 11.2. The number of piperidine rings is 1. The van der Waals surface area contributed by atoms with Crippen molar-refractivity contribution in [2.24, 2.45) is 10.7 Å². The summed E-state index contributed by atoms with van der Waals surface area (Å²) in [6.07, 6.45) is 6.28. The van der Waals surface area contributed by atoms with Gasteiger partial charge < -0.3 is 20.5 Å².